The molecule has 3 N–H and O–H groups in total. The molecule has 0 radical (unpaired) electrons. The Balaban J connectivity index is 4.56. The molecule has 0 rings (SSSR count). The second-order valence-corrected chi connectivity index (χ2v) is 4.86. The van der Waals surface area contributed by atoms with Gasteiger partial charge in [0.15, 0.2) is 0 Å². The van der Waals surface area contributed by atoms with Crippen LogP contribution in [0.4, 0.5) is 0 Å². The number of amides is 1. The summed E-state index contributed by atoms with van der Waals surface area (Å²) in [6.07, 6.45) is 0. The van der Waals surface area contributed by atoms with Crippen LogP contribution >= 0.6 is 16.1 Å². The lowest BCUT2D eigenvalue weighted by atomic mass is 10.0. The van der Waals surface area contributed by atoms with Gasteiger partial charge in [0, 0.05) is 16.1 Å². The number of aliphatic carboxylic acids is 1. The molecule has 5 nitrogen and oxygen atoms in total. The molecule has 0 aromatic heterocycles. The van der Waals surface area contributed by atoms with E-state index in [1.807, 2.05) is 13.8 Å². The van der Waals surface area contributed by atoms with Gasteiger partial charge in [0.05, 0.1) is 6.04 Å². The molecule has 0 spiro atoms. The van der Waals surface area contributed by atoms with Gasteiger partial charge in [-0.15, -0.1) is 0 Å². The summed E-state index contributed by atoms with van der Waals surface area (Å²) in [5.74, 6) is -1.40. The molecule has 0 aromatic rings. The van der Waals surface area contributed by atoms with E-state index in [1.54, 1.807) is 13.8 Å². The first kappa shape index (κ1) is 15.4. The smallest absolute Gasteiger partial charge is 0.326 e. The molecule has 0 saturated heterocycles. The van der Waals surface area contributed by atoms with E-state index in [-0.39, 0.29) is 17.7 Å². The maximum atomic E-state index is 11.8. The molecule has 1 amide bonds. The van der Waals surface area contributed by atoms with Gasteiger partial charge in [-0.1, -0.05) is 27.7 Å². The van der Waals surface area contributed by atoms with Crippen LogP contribution in [0.15, 0.2) is 0 Å². The van der Waals surface area contributed by atoms with Gasteiger partial charge < -0.3 is 10.4 Å². The summed E-state index contributed by atoms with van der Waals surface area (Å²) in [6.45, 7) is 7.27. The summed E-state index contributed by atoms with van der Waals surface area (Å²) in [7, 11) is 0. The van der Waals surface area contributed by atoms with Crippen LogP contribution in [0.25, 0.3) is 0 Å². The Morgan fingerprint density at radius 1 is 1.06 bits per heavy atom. The molecule has 0 saturated carbocycles. The van der Waals surface area contributed by atoms with Crippen LogP contribution in [-0.2, 0) is 9.59 Å². The van der Waals surface area contributed by atoms with E-state index in [2.05, 4.69) is 25.8 Å². The van der Waals surface area contributed by atoms with Gasteiger partial charge in [-0.05, 0) is 11.8 Å². The summed E-state index contributed by atoms with van der Waals surface area (Å²) < 4.78 is 2.69. The molecule has 94 valence electrons. The van der Waals surface area contributed by atoms with Crippen LogP contribution < -0.4 is 9.66 Å². The SMILES string of the molecule is CC(C)[C@H](NC(=O)[C@@H](NBr)C(C)C)C(=O)O. The molecule has 2 atom stereocenters. The highest BCUT2D eigenvalue weighted by Crippen LogP contribution is 2.07. The zero-order chi connectivity index (χ0) is 12.9. The third-order valence-corrected chi connectivity index (χ3v) is 2.79. The fourth-order valence-corrected chi connectivity index (χ4v) is 1.97. The predicted molar refractivity (Wildman–Crippen MR) is 65.1 cm³/mol. The standard InChI is InChI=1S/C10H19BrN2O3/c1-5(2)7(13-11)9(14)12-8(6(3)4)10(15)16/h5-8,13H,1-4H3,(H,12,14)(H,15,16)/t7-,8-/m0/s1. The minimum atomic E-state index is -1.01. The predicted octanol–water partition coefficient (Wildman–Crippen LogP) is 1.14. The summed E-state index contributed by atoms with van der Waals surface area (Å²) in [5, 5.41) is 11.5. The van der Waals surface area contributed by atoms with Crippen molar-refractivity contribution in [2.24, 2.45) is 11.8 Å². The lowest BCUT2D eigenvalue weighted by Crippen LogP contribution is -2.52. The maximum absolute atomic E-state index is 11.8. The third-order valence-electron chi connectivity index (χ3n) is 2.30. The fourth-order valence-electron chi connectivity index (χ4n) is 1.23. The molecule has 0 aliphatic carbocycles. The Kier molecular flexibility index (Phi) is 6.59. The van der Waals surface area contributed by atoms with E-state index in [9.17, 15) is 9.59 Å². The Morgan fingerprint density at radius 2 is 1.50 bits per heavy atom. The van der Waals surface area contributed by atoms with Gasteiger partial charge >= 0.3 is 5.97 Å². The minimum Gasteiger partial charge on any atom is -0.480 e. The molecule has 0 fully saturated rings. The Labute approximate surface area is 104 Å². The first-order chi connectivity index (χ1) is 7.31. The molecule has 0 unspecified atom stereocenters. The molecular weight excluding hydrogens is 276 g/mol. The van der Waals surface area contributed by atoms with E-state index in [0.29, 0.717) is 0 Å². The zero-order valence-electron chi connectivity index (χ0n) is 9.95. The lowest BCUT2D eigenvalue weighted by molar-refractivity contribution is -0.143. The summed E-state index contributed by atoms with van der Waals surface area (Å²) in [4.78, 5) is 22.7. The Morgan fingerprint density at radius 3 is 1.75 bits per heavy atom. The van der Waals surface area contributed by atoms with Gasteiger partial charge in [-0.3, -0.25) is 4.79 Å². The van der Waals surface area contributed by atoms with Crippen LogP contribution in [-0.4, -0.2) is 29.1 Å². The molecule has 0 aromatic carbocycles. The monoisotopic (exact) mass is 294 g/mol. The van der Waals surface area contributed by atoms with E-state index >= 15 is 0 Å². The van der Waals surface area contributed by atoms with E-state index < -0.39 is 18.1 Å². The maximum Gasteiger partial charge on any atom is 0.326 e. The number of rotatable bonds is 6. The highest BCUT2D eigenvalue weighted by molar-refractivity contribution is 9.08. The normalized spacial score (nSPS) is 14.9. The van der Waals surface area contributed by atoms with Crippen molar-refractivity contribution in [3.05, 3.63) is 0 Å². The van der Waals surface area contributed by atoms with Crippen LogP contribution in [0.2, 0.25) is 0 Å². The number of carbonyl (C=O) groups excluding carboxylic acids is 1. The topological polar surface area (TPSA) is 78.4 Å². The van der Waals surface area contributed by atoms with Crippen molar-refractivity contribution in [2.45, 2.75) is 39.8 Å². The zero-order valence-corrected chi connectivity index (χ0v) is 11.5. The summed E-state index contributed by atoms with van der Waals surface area (Å²) >= 11 is 3.02. The first-order valence-corrected chi connectivity index (χ1v) is 5.99. The van der Waals surface area contributed by atoms with Gasteiger partial charge in [0.25, 0.3) is 0 Å². The molecule has 0 aliphatic heterocycles. The van der Waals surface area contributed by atoms with Gasteiger partial charge in [0.1, 0.15) is 6.04 Å². The quantitative estimate of drug-likeness (QED) is 0.642. The fraction of sp³-hybridized carbons (Fsp3) is 0.800. The number of hydrogen-bond acceptors (Lipinski definition) is 3. The van der Waals surface area contributed by atoms with Crippen LogP contribution in [0.1, 0.15) is 27.7 Å². The highest BCUT2D eigenvalue weighted by Gasteiger charge is 2.28. The van der Waals surface area contributed by atoms with Crippen molar-refractivity contribution in [3.8, 4) is 0 Å². The van der Waals surface area contributed by atoms with Crippen molar-refractivity contribution >= 4 is 28.0 Å². The Hall–Kier alpha value is -0.620. The van der Waals surface area contributed by atoms with Crippen LogP contribution in [0.3, 0.4) is 0 Å². The second-order valence-electron chi connectivity index (χ2n) is 4.40. The lowest BCUT2D eigenvalue weighted by Gasteiger charge is -2.23. The van der Waals surface area contributed by atoms with Gasteiger partial charge in [-0.2, -0.15) is 0 Å². The molecular formula is C10H19BrN2O3. The van der Waals surface area contributed by atoms with Crippen LogP contribution in [0.5, 0.6) is 0 Å². The average Bonchev–Trinajstić information content (AvgIpc) is 2.13. The first-order valence-electron chi connectivity index (χ1n) is 5.20. The van der Waals surface area contributed by atoms with Gasteiger partial charge in [0.2, 0.25) is 5.91 Å². The molecule has 0 heterocycles. The summed E-state index contributed by atoms with van der Waals surface area (Å²) in [6, 6.07) is -1.30. The third kappa shape index (κ3) is 4.49. The van der Waals surface area contributed by atoms with Crippen molar-refractivity contribution < 1.29 is 14.7 Å². The van der Waals surface area contributed by atoms with Crippen molar-refractivity contribution in [3.63, 3.8) is 0 Å². The second kappa shape index (κ2) is 6.85. The number of carboxylic acids is 1. The van der Waals surface area contributed by atoms with Crippen molar-refractivity contribution in [1.29, 1.82) is 0 Å². The van der Waals surface area contributed by atoms with E-state index in [0.717, 1.165) is 0 Å². The Bertz CT molecular complexity index is 256. The molecule has 0 bridgehead atoms. The van der Waals surface area contributed by atoms with Gasteiger partial charge in [-0.25, -0.2) is 9.14 Å². The number of carboxylic acid groups (broad SMARTS) is 1. The molecule has 16 heavy (non-hydrogen) atoms. The molecule has 0 aliphatic rings. The minimum absolute atomic E-state index is 0.0704. The average molecular weight is 295 g/mol. The van der Waals surface area contributed by atoms with Crippen LogP contribution in [0, 0.1) is 11.8 Å². The summed E-state index contributed by atoms with van der Waals surface area (Å²) in [5.41, 5.74) is 0. The number of nitrogens with one attached hydrogen (secondary N) is 2. The number of halogens is 1. The molecule has 6 heteroatoms. The number of carbonyl (C=O) groups is 2. The van der Waals surface area contributed by atoms with E-state index in [1.165, 1.54) is 0 Å². The number of hydrogen-bond donors (Lipinski definition) is 3. The van der Waals surface area contributed by atoms with E-state index in [4.69, 9.17) is 5.11 Å². The van der Waals surface area contributed by atoms with Crippen molar-refractivity contribution in [2.75, 3.05) is 0 Å². The highest BCUT2D eigenvalue weighted by atomic mass is 79.9. The van der Waals surface area contributed by atoms with Crippen molar-refractivity contribution in [1.82, 2.24) is 9.66 Å². The largest absolute Gasteiger partial charge is 0.480 e.